The van der Waals surface area contributed by atoms with Crippen molar-refractivity contribution in [2.24, 2.45) is 0 Å². The third kappa shape index (κ3) is 3.51. The van der Waals surface area contributed by atoms with Gasteiger partial charge in [0.05, 0.1) is 18.2 Å². The second-order valence-electron chi connectivity index (χ2n) is 5.37. The van der Waals surface area contributed by atoms with Crippen molar-refractivity contribution >= 4 is 16.8 Å². The molecule has 1 N–H and O–H groups in total. The molecule has 4 nitrogen and oxygen atoms in total. The Kier molecular flexibility index (Phi) is 4.70. The maximum absolute atomic E-state index is 12.9. The molecule has 1 amide bonds. The second-order valence-corrected chi connectivity index (χ2v) is 5.37. The van der Waals surface area contributed by atoms with Gasteiger partial charge in [0.15, 0.2) is 0 Å². The highest BCUT2D eigenvalue weighted by atomic mass is 19.1. The summed E-state index contributed by atoms with van der Waals surface area (Å²) in [6.45, 7) is 0.470. The van der Waals surface area contributed by atoms with Gasteiger partial charge in [-0.25, -0.2) is 4.39 Å². The minimum atomic E-state index is -0.264. The van der Waals surface area contributed by atoms with Crippen LogP contribution >= 0.6 is 0 Å². The molecule has 0 unspecified atom stereocenters. The maximum Gasteiger partial charge on any atom is 0.252 e. The number of benzene rings is 2. The number of aromatic nitrogens is 1. The number of rotatable bonds is 5. The smallest absolute Gasteiger partial charge is 0.252 e. The molecule has 1 heterocycles. The number of amides is 1. The van der Waals surface area contributed by atoms with Crippen LogP contribution in [-0.4, -0.2) is 24.5 Å². The van der Waals surface area contributed by atoms with E-state index in [1.165, 1.54) is 12.1 Å². The van der Waals surface area contributed by atoms with Crippen molar-refractivity contribution in [2.45, 2.75) is 6.42 Å². The Morgan fingerprint density at radius 2 is 1.96 bits per heavy atom. The highest BCUT2D eigenvalue weighted by Crippen LogP contribution is 2.22. The minimum Gasteiger partial charge on any atom is -0.497 e. The number of carbonyl (C=O) groups excluding carboxylic acids is 1. The van der Waals surface area contributed by atoms with Crippen LogP contribution in [0.3, 0.4) is 0 Å². The topological polar surface area (TPSA) is 51.2 Å². The summed E-state index contributed by atoms with van der Waals surface area (Å²) < 4.78 is 18.1. The highest BCUT2D eigenvalue weighted by Gasteiger charge is 2.11. The predicted molar refractivity (Wildman–Crippen MR) is 90.7 cm³/mol. The molecular formula is C19H17FN2O2. The van der Waals surface area contributed by atoms with Crippen LogP contribution in [0.4, 0.5) is 4.39 Å². The molecule has 2 aromatic carbocycles. The average molecular weight is 324 g/mol. The molecule has 24 heavy (non-hydrogen) atoms. The molecule has 0 aliphatic rings. The number of nitrogens with one attached hydrogen (secondary N) is 1. The van der Waals surface area contributed by atoms with Gasteiger partial charge >= 0.3 is 0 Å². The van der Waals surface area contributed by atoms with Gasteiger partial charge in [0.25, 0.3) is 5.91 Å². The van der Waals surface area contributed by atoms with Crippen molar-refractivity contribution in [3.8, 4) is 5.75 Å². The minimum absolute atomic E-state index is 0.169. The van der Waals surface area contributed by atoms with E-state index in [4.69, 9.17) is 4.74 Å². The summed E-state index contributed by atoms with van der Waals surface area (Å²) in [5.41, 5.74) is 2.26. The van der Waals surface area contributed by atoms with Gasteiger partial charge in [-0.2, -0.15) is 0 Å². The van der Waals surface area contributed by atoms with E-state index in [0.717, 1.165) is 16.5 Å². The maximum atomic E-state index is 12.9. The van der Waals surface area contributed by atoms with Crippen LogP contribution in [0.25, 0.3) is 10.9 Å². The van der Waals surface area contributed by atoms with E-state index in [9.17, 15) is 9.18 Å². The summed E-state index contributed by atoms with van der Waals surface area (Å²) in [5.74, 6) is 0.244. The lowest BCUT2D eigenvalue weighted by Gasteiger charge is -2.09. The molecule has 5 heteroatoms. The fourth-order valence-corrected chi connectivity index (χ4v) is 2.52. The number of pyridine rings is 1. The molecule has 0 bridgehead atoms. The summed E-state index contributed by atoms with van der Waals surface area (Å²) in [4.78, 5) is 16.7. The zero-order chi connectivity index (χ0) is 16.9. The molecule has 0 aliphatic carbocycles. The van der Waals surface area contributed by atoms with Gasteiger partial charge in [-0.15, -0.1) is 0 Å². The number of ether oxygens (including phenoxy) is 1. The monoisotopic (exact) mass is 324 g/mol. The van der Waals surface area contributed by atoms with E-state index >= 15 is 0 Å². The molecule has 0 saturated heterocycles. The fraction of sp³-hybridized carbons (Fsp3) is 0.158. The van der Waals surface area contributed by atoms with Crippen LogP contribution in [-0.2, 0) is 6.42 Å². The molecule has 122 valence electrons. The van der Waals surface area contributed by atoms with Crippen molar-refractivity contribution in [1.82, 2.24) is 10.3 Å². The van der Waals surface area contributed by atoms with Crippen molar-refractivity contribution in [1.29, 1.82) is 0 Å². The summed E-state index contributed by atoms with van der Waals surface area (Å²) in [6.07, 6.45) is 2.25. The predicted octanol–water partition coefficient (Wildman–Crippen LogP) is 3.36. The summed E-state index contributed by atoms with van der Waals surface area (Å²) in [6, 6.07) is 13.4. The third-order valence-electron chi connectivity index (χ3n) is 3.81. The fourth-order valence-electron chi connectivity index (χ4n) is 2.52. The van der Waals surface area contributed by atoms with E-state index in [2.05, 4.69) is 10.3 Å². The van der Waals surface area contributed by atoms with Gasteiger partial charge in [-0.05, 0) is 48.4 Å². The Morgan fingerprint density at radius 3 is 2.71 bits per heavy atom. The van der Waals surface area contributed by atoms with Crippen LogP contribution < -0.4 is 10.1 Å². The molecule has 1 aromatic heterocycles. The van der Waals surface area contributed by atoms with Crippen molar-refractivity contribution in [2.75, 3.05) is 13.7 Å². The largest absolute Gasteiger partial charge is 0.497 e. The lowest BCUT2D eigenvalue weighted by molar-refractivity contribution is 0.0955. The lowest BCUT2D eigenvalue weighted by Crippen LogP contribution is -2.26. The van der Waals surface area contributed by atoms with Crippen LogP contribution in [0.5, 0.6) is 5.75 Å². The number of hydrogen-bond donors (Lipinski definition) is 1. The Labute approximate surface area is 139 Å². The molecule has 0 fully saturated rings. The number of methoxy groups -OCH3 is 1. The van der Waals surface area contributed by atoms with E-state index < -0.39 is 0 Å². The van der Waals surface area contributed by atoms with Gasteiger partial charge in [0.2, 0.25) is 0 Å². The SMILES string of the molecule is COc1ccc2nccc(C(=O)NCCc3ccc(F)cc3)c2c1. The number of hydrogen-bond acceptors (Lipinski definition) is 3. The average Bonchev–Trinajstić information content (AvgIpc) is 2.62. The first kappa shape index (κ1) is 15.9. The van der Waals surface area contributed by atoms with E-state index in [0.29, 0.717) is 24.3 Å². The summed E-state index contributed by atoms with van der Waals surface area (Å²) in [5, 5.41) is 3.64. The number of fused-ring (bicyclic) bond motifs is 1. The Hall–Kier alpha value is -2.95. The van der Waals surface area contributed by atoms with Gasteiger partial charge in [0.1, 0.15) is 11.6 Å². The zero-order valence-corrected chi connectivity index (χ0v) is 13.3. The molecule has 3 rings (SSSR count). The zero-order valence-electron chi connectivity index (χ0n) is 13.3. The molecule has 0 atom stereocenters. The lowest BCUT2D eigenvalue weighted by atomic mass is 10.1. The second kappa shape index (κ2) is 7.08. The van der Waals surface area contributed by atoms with Gasteiger partial charge in [-0.3, -0.25) is 9.78 Å². The van der Waals surface area contributed by atoms with Crippen molar-refractivity contribution in [3.05, 3.63) is 71.7 Å². The first-order valence-corrected chi connectivity index (χ1v) is 7.63. The molecular weight excluding hydrogens is 307 g/mol. The number of halogens is 1. The van der Waals surface area contributed by atoms with Gasteiger partial charge < -0.3 is 10.1 Å². The number of carbonyl (C=O) groups is 1. The van der Waals surface area contributed by atoms with Gasteiger partial charge in [0, 0.05) is 18.1 Å². The Morgan fingerprint density at radius 1 is 1.17 bits per heavy atom. The molecule has 0 saturated carbocycles. The normalized spacial score (nSPS) is 10.6. The standard InChI is InChI=1S/C19H17FN2O2/c1-24-15-6-7-18-17(12-15)16(9-11-21-18)19(23)22-10-8-13-2-4-14(20)5-3-13/h2-7,9,11-12H,8,10H2,1H3,(H,22,23). The molecule has 3 aromatic rings. The van der Waals surface area contributed by atoms with E-state index in [1.807, 2.05) is 12.1 Å². The van der Waals surface area contributed by atoms with Crippen LogP contribution in [0.1, 0.15) is 15.9 Å². The van der Waals surface area contributed by atoms with Crippen LogP contribution in [0.15, 0.2) is 54.7 Å². The summed E-state index contributed by atoms with van der Waals surface area (Å²) >= 11 is 0. The van der Waals surface area contributed by atoms with Crippen molar-refractivity contribution < 1.29 is 13.9 Å². The summed E-state index contributed by atoms with van der Waals surface area (Å²) in [7, 11) is 1.58. The van der Waals surface area contributed by atoms with E-state index in [1.54, 1.807) is 37.6 Å². The molecule has 0 aliphatic heterocycles. The molecule has 0 spiro atoms. The molecule has 0 radical (unpaired) electrons. The third-order valence-corrected chi connectivity index (χ3v) is 3.81. The first-order chi connectivity index (χ1) is 11.7. The van der Waals surface area contributed by atoms with Gasteiger partial charge in [-0.1, -0.05) is 12.1 Å². The first-order valence-electron chi connectivity index (χ1n) is 7.63. The van der Waals surface area contributed by atoms with Crippen LogP contribution in [0.2, 0.25) is 0 Å². The van der Waals surface area contributed by atoms with Crippen molar-refractivity contribution in [3.63, 3.8) is 0 Å². The quantitative estimate of drug-likeness (QED) is 0.783. The van der Waals surface area contributed by atoms with Crippen LogP contribution in [0, 0.1) is 5.82 Å². The Bertz CT molecular complexity index is 863. The van der Waals surface area contributed by atoms with E-state index in [-0.39, 0.29) is 11.7 Å². The number of nitrogens with zero attached hydrogens (tertiary/aromatic N) is 1. The highest BCUT2D eigenvalue weighted by molar-refractivity contribution is 6.06. The Balaban J connectivity index is 1.72.